The molecular weight excluding hydrogens is 268 g/mol. The molecule has 2 heteroatoms. The summed E-state index contributed by atoms with van der Waals surface area (Å²) >= 11 is 0. The molecular formula is C20H42N2. The van der Waals surface area contributed by atoms with Crippen molar-refractivity contribution in [1.29, 1.82) is 0 Å². The first kappa shape index (κ1) is 20.0. The van der Waals surface area contributed by atoms with Gasteiger partial charge in [-0.2, -0.15) is 0 Å². The van der Waals surface area contributed by atoms with Gasteiger partial charge in [-0.25, -0.2) is 0 Å². The predicted molar refractivity (Wildman–Crippen MR) is 99.4 cm³/mol. The lowest BCUT2D eigenvalue weighted by molar-refractivity contribution is 0.164. The first-order valence-electron chi connectivity index (χ1n) is 9.92. The molecule has 0 aromatic heterocycles. The molecule has 2 heterocycles. The maximum atomic E-state index is 2.55. The Morgan fingerprint density at radius 1 is 0.636 bits per heavy atom. The van der Waals surface area contributed by atoms with Gasteiger partial charge in [-0.15, -0.1) is 0 Å². The standard InChI is InChI=1S/2C10H21N/c2*1-4-11-7-5-10(6-8-11)9(2)3/h2*9-10H,4-8H2,1-3H3. The Bertz CT molecular complexity index is 231. The van der Waals surface area contributed by atoms with E-state index in [1.54, 1.807) is 0 Å². The first-order chi connectivity index (χ1) is 10.5. The number of nitrogens with zero attached hydrogens (tertiary/aromatic N) is 2. The largest absolute Gasteiger partial charge is 0.304 e. The molecule has 2 rings (SSSR count). The second-order valence-electron chi connectivity index (χ2n) is 8.03. The smallest absolute Gasteiger partial charge is 0.00161 e. The third kappa shape index (κ3) is 7.00. The number of piperidine rings is 2. The van der Waals surface area contributed by atoms with E-state index in [1.807, 2.05) is 0 Å². The van der Waals surface area contributed by atoms with Gasteiger partial charge < -0.3 is 9.80 Å². The number of hydrogen-bond acceptors (Lipinski definition) is 2. The molecule has 0 spiro atoms. The maximum absolute atomic E-state index is 2.55. The minimum atomic E-state index is 0.897. The van der Waals surface area contributed by atoms with Crippen molar-refractivity contribution in [2.45, 2.75) is 67.2 Å². The van der Waals surface area contributed by atoms with E-state index in [0.717, 1.165) is 23.7 Å². The van der Waals surface area contributed by atoms with Crippen molar-refractivity contribution in [2.75, 3.05) is 39.3 Å². The van der Waals surface area contributed by atoms with Crippen LogP contribution in [-0.4, -0.2) is 49.1 Å². The molecule has 132 valence electrons. The molecule has 2 fully saturated rings. The number of hydrogen-bond donors (Lipinski definition) is 0. The Morgan fingerprint density at radius 2 is 0.909 bits per heavy atom. The third-order valence-electron chi connectivity index (χ3n) is 6.04. The van der Waals surface area contributed by atoms with Crippen LogP contribution in [0.3, 0.4) is 0 Å². The summed E-state index contributed by atoms with van der Waals surface area (Å²) in [6.07, 6.45) is 5.69. The van der Waals surface area contributed by atoms with E-state index in [1.165, 1.54) is 65.0 Å². The van der Waals surface area contributed by atoms with Crippen molar-refractivity contribution in [3.63, 3.8) is 0 Å². The van der Waals surface area contributed by atoms with E-state index in [2.05, 4.69) is 51.3 Å². The Balaban J connectivity index is 0.000000220. The second kappa shape index (κ2) is 10.6. The molecule has 0 unspecified atom stereocenters. The van der Waals surface area contributed by atoms with Crippen molar-refractivity contribution in [3.05, 3.63) is 0 Å². The van der Waals surface area contributed by atoms with Crippen LogP contribution in [0.15, 0.2) is 0 Å². The van der Waals surface area contributed by atoms with Crippen LogP contribution < -0.4 is 0 Å². The van der Waals surface area contributed by atoms with Gasteiger partial charge >= 0.3 is 0 Å². The zero-order chi connectivity index (χ0) is 16.5. The fourth-order valence-corrected chi connectivity index (χ4v) is 3.87. The van der Waals surface area contributed by atoms with Crippen LogP contribution in [0.5, 0.6) is 0 Å². The van der Waals surface area contributed by atoms with Crippen LogP contribution in [0.1, 0.15) is 67.2 Å². The van der Waals surface area contributed by atoms with Gasteiger partial charge in [-0.1, -0.05) is 41.5 Å². The molecule has 0 saturated carbocycles. The molecule has 22 heavy (non-hydrogen) atoms. The lowest BCUT2D eigenvalue weighted by atomic mass is 9.87. The summed E-state index contributed by atoms with van der Waals surface area (Å²) < 4.78 is 0. The van der Waals surface area contributed by atoms with Gasteiger partial charge in [0.05, 0.1) is 0 Å². The van der Waals surface area contributed by atoms with Gasteiger partial charge in [-0.3, -0.25) is 0 Å². The molecule has 0 aromatic rings. The van der Waals surface area contributed by atoms with Crippen LogP contribution >= 0.6 is 0 Å². The van der Waals surface area contributed by atoms with Gasteiger partial charge in [0.25, 0.3) is 0 Å². The van der Waals surface area contributed by atoms with E-state index in [0.29, 0.717) is 0 Å². The van der Waals surface area contributed by atoms with E-state index >= 15 is 0 Å². The normalized spacial score (nSPS) is 22.9. The van der Waals surface area contributed by atoms with Crippen molar-refractivity contribution in [3.8, 4) is 0 Å². The summed E-state index contributed by atoms with van der Waals surface area (Å²) in [4.78, 5) is 5.11. The average molecular weight is 311 g/mol. The van der Waals surface area contributed by atoms with Gasteiger partial charge in [0.1, 0.15) is 0 Å². The Kier molecular flexibility index (Phi) is 9.66. The zero-order valence-electron chi connectivity index (χ0n) is 16.3. The molecule has 0 N–H and O–H groups in total. The van der Waals surface area contributed by atoms with Crippen molar-refractivity contribution in [1.82, 2.24) is 9.80 Å². The van der Waals surface area contributed by atoms with Gasteiger partial charge in [-0.05, 0) is 88.6 Å². The van der Waals surface area contributed by atoms with Gasteiger partial charge in [0.15, 0.2) is 0 Å². The summed E-state index contributed by atoms with van der Waals surface area (Å²) in [5.41, 5.74) is 0. The topological polar surface area (TPSA) is 6.48 Å². The summed E-state index contributed by atoms with van der Waals surface area (Å²) in [7, 11) is 0. The Labute approximate surface area is 140 Å². The highest BCUT2D eigenvalue weighted by atomic mass is 15.1. The fraction of sp³-hybridized carbons (Fsp3) is 1.00. The molecule has 2 saturated heterocycles. The van der Waals surface area contributed by atoms with Crippen LogP contribution in [0.25, 0.3) is 0 Å². The molecule has 0 radical (unpaired) electrons. The van der Waals surface area contributed by atoms with Crippen molar-refractivity contribution < 1.29 is 0 Å². The van der Waals surface area contributed by atoms with Crippen molar-refractivity contribution in [2.24, 2.45) is 23.7 Å². The predicted octanol–water partition coefficient (Wildman–Crippen LogP) is 4.75. The van der Waals surface area contributed by atoms with E-state index < -0.39 is 0 Å². The molecule has 2 aliphatic heterocycles. The number of rotatable bonds is 4. The number of likely N-dealkylation sites (tertiary alicyclic amines) is 2. The van der Waals surface area contributed by atoms with Crippen LogP contribution in [-0.2, 0) is 0 Å². The van der Waals surface area contributed by atoms with E-state index in [-0.39, 0.29) is 0 Å². The highest BCUT2D eigenvalue weighted by molar-refractivity contribution is 4.74. The van der Waals surface area contributed by atoms with Crippen LogP contribution in [0.4, 0.5) is 0 Å². The van der Waals surface area contributed by atoms with Gasteiger partial charge in [0, 0.05) is 0 Å². The second-order valence-corrected chi connectivity index (χ2v) is 8.03. The Morgan fingerprint density at radius 3 is 1.09 bits per heavy atom. The highest BCUT2D eigenvalue weighted by Gasteiger charge is 2.20. The maximum Gasteiger partial charge on any atom is -0.00161 e. The lowest BCUT2D eigenvalue weighted by Crippen LogP contribution is -2.34. The highest BCUT2D eigenvalue weighted by Crippen LogP contribution is 2.24. The van der Waals surface area contributed by atoms with Crippen LogP contribution in [0, 0.1) is 23.7 Å². The first-order valence-corrected chi connectivity index (χ1v) is 9.92. The van der Waals surface area contributed by atoms with Crippen LogP contribution in [0.2, 0.25) is 0 Å². The molecule has 0 atom stereocenters. The molecule has 0 amide bonds. The molecule has 0 bridgehead atoms. The van der Waals surface area contributed by atoms with Crippen molar-refractivity contribution >= 4 is 0 Å². The zero-order valence-corrected chi connectivity index (χ0v) is 16.3. The SMILES string of the molecule is CCN1CCC(C(C)C)CC1.CCN1CCC(C(C)C)CC1. The van der Waals surface area contributed by atoms with E-state index in [9.17, 15) is 0 Å². The third-order valence-corrected chi connectivity index (χ3v) is 6.04. The quantitative estimate of drug-likeness (QED) is 0.739. The monoisotopic (exact) mass is 310 g/mol. The molecule has 0 aromatic carbocycles. The molecule has 2 nitrogen and oxygen atoms in total. The molecule has 2 aliphatic rings. The molecule has 0 aliphatic carbocycles. The average Bonchev–Trinajstić information content (AvgIpc) is 2.55. The minimum Gasteiger partial charge on any atom is -0.304 e. The minimum absolute atomic E-state index is 0.897. The Hall–Kier alpha value is -0.0800. The van der Waals surface area contributed by atoms with Gasteiger partial charge in [0.2, 0.25) is 0 Å². The lowest BCUT2D eigenvalue weighted by Gasteiger charge is -2.32. The summed E-state index contributed by atoms with van der Waals surface area (Å²) in [6, 6.07) is 0. The fourth-order valence-electron chi connectivity index (χ4n) is 3.87. The summed E-state index contributed by atoms with van der Waals surface area (Å²) in [6.45, 7) is 21.7. The van der Waals surface area contributed by atoms with E-state index in [4.69, 9.17) is 0 Å². The summed E-state index contributed by atoms with van der Waals surface area (Å²) in [5.74, 6) is 3.79. The summed E-state index contributed by atoms with van der Waals surface area (Å²) in [5, 5.41) is 0.